The second kappa shape index (κ2) is 7.26. The third-order valence-electron chi connectivity index (χ3n) is 6.23. The van der Waals surface area contributed by atoms with Crippen molar-refractivity contribution in [3.63, 3.8) is 0 Å². The van der Waals surface area contributed by atoms with Crippen LogP contribution in [0.25, 0.3) is 22.4 Å². The van der Waals surface area contributed by atoms with E-state index in [1.807, 2.05) is 0 Å². The quantitative estimate of drug-likeness (QED) is 0.604. The van der Waals surface area contributed by atoms with E-state index in [0.717, 1.165) is 24.4 Å². The van der Waals surface area contributed by atoms with Crippen molar-refractivity contribution in [2.45, 2.75) is 31.7 Å². The van der Waals surface area contributed by atoms with E-state index < -0.39 is 17.1 Å². The van der Waals surface area contributed by atoms with Crippen molar-refractivity contribution in [1.82, 2.24) is 24.8 Å². The Kier molecular flexibility index (Phi) is 4.65. The van der Waals surface area contributed by atoms with E-state index in [0.29, 0.717) is 41.4 Å². The minimum atomic E-state index is -0.701. The van der Waals surface area contributed by atoms with Crippen molar-refractivity contribution in [1.29, 1.82) is 0 Å². The summed E-state index contributed by atoms with van der Waals surface area (Å²) < 4.78 is 14.6. The van der Waals surface area contributed by atoms with Gasteiger partial charge < -0.3 is 15.2 Å². The van der Waals surface area contributed by atoms with Crippen LogP contribution in [0.15, 0.2) is 24.7 Å². The van der Waals surface area contributed by atoms with Gasteiger partial charge in [-0.3, -0.25) is 9.59 Å². The molecule has 31 heavy (non-hydrogen) atoms. The summed E-state index contributed by atoms with van der Waals surface area (Å²) in [5.41, 5.74) is 0.587. The van der Waals surface area contributed by atoms with Gasteiger partial charge in [0.1, 0.15) is 5.65 Å². The van der Waals surface area contributed by atoms with Crippen LogP contribution in [-0.2, 0) is 9.59 Å². The molecule has 2 N–H and O–H groups in total. The summed E-state index contributed by atoms with van der Waals surface area (Å²) in [4.78, 5) is 41.9. The highest BCUT2D eigenvalue weighted by molar-refractivity contribution is 6.40. The number of H-pyrrole nitrogens is 1. The Hall–Kier alpha value is -3.07. The molecule has 1 saturated heterocycles. The molecular weight excluding hydrogens is 423 g/mol. The fourth-order valence-corrected chi connectivity index (χ4v) is 4.95. The van der Waals surface area contributed by atoms with Gasteiger partial charge in [-0.1, -0.05) is 18.0 Å². The molecule has 0 aromatic carbocycles. The number of hydrogen-bond acceptors (Lipinski definition) is 6. The first kappa shape index (κ1) is 19.9. The van der Waals surface area contributed by atoms with Crippen molar-refractivity contribution in [2.75, 3.05) is 18.9 Å². The average molecular weight is 443 g/mol. The molecule has 10 heteroatoms. The van der Waals surface area contributed by atoms with Crippen molar-refractivity contribution >= 4 is 40.1 Å². The zero-order valence-corrected chi connectivity index (χ0v) is 17.5. The van der Waals surface area contributed by atoms with Gasteiger partial charge >= 0.3 is 0 Å². The number of amides is 1. The summed E-state index contributed by atoms with van der Waals surface area (Å²) in [7, 11) is 1.64. The molecule has 8 nitrogen and oxygen atoms in total. The van der Waals surface area contributed by atoms with Gasteiger partial charge in [0.25, 0.3) is 5.91 Å². The largest absolute Gasteiger partial charge is 0.365 e. The average Bonchev–Trinajstić information content (AvgIpc) is 3.25. The van der Waals surface area contributed by atoms with E-state index in [9.17, 15) is 14.0 Å². The Balaban J connectivity index is 1.43. The molecule has 1 aliphatic carbocycles. The molecule has 160 valence electrons. The molecule has 0 unspecified atom stereocenters. The van der Waals surface area contributed by atoms with Crippen LogP contribution in [0.3, 0.4) is 0 Å². The molecule has 2 atom stereocenters. The number of ketones is 1. The zero-order chi connectivity index (χ0) is 21.8. The zero-order valence-electron chi connectivity index (χ0n) is 16.8. The van der Waals surface area contributed by atoms with Crippen LogP contribution >= 0.6 is 11.6 Å². The van der Waals surface area contributed by atoms with Gasteiger partial charge in [0.05, 0.1) is 16.6 Å². The lowest BCUT2D eigenvalue weighted by molar-refractivity contribution is -0.142. The molecule has 3 aromatic heterocycles. The van der Waals surface area contributed by atoms with Gasteiger partial charge in [-0.15, -0.1) is 0 Å². The number of rotatable bonds is 3. The number of carbonyl (C=O) groups is 2. The number of anilines is 1. The Morgan fingerprint density at radius 1 is 1.32 bits per heavy atom. The van der Waals surface area contributed by atoms with Crippen LogP contribution in [0.2, 0.25) is 5.02 Å². The fourth-order valence-electron chi connectivity index (χ4n) is 4.79. The van der Waals surface area contributed by atoms with Gasteiger partial charge in [0, 0.05) is 43.0 Å². The van der Waals surface area contributed by atoms with E-state index in [4.69, 9.17) is 11.6 Å². The van der Waals surface area contributed by atoms with Gasteiger partial charge in [-0.2, -0.15) is 0 Å². The third kappa shape index (κ3) is 3.33. The topological polar surface area (TPSA) is 104 Å². The molecule has 2 fully saturated rings. The Morgan fingerprint density at radius 3 is 2.94 bits per heavy atom. The van der Waals surface area contributed by atoms with Gasteiger partial charge in [0.2, 0.25) is 5.78 Å². The van der Waals surface area contributed by atoms with Crippen LogP contribution in [0, 0.1) is 11.2 Å². The van der Waals surface area contributed by atoms with E-state index in [1.165, 1.54) is 11.1 Å². The standard InChI is InChI=1S/C21H20ClFN6O2/c1-29-10-21(16(30)20(29)31)4-2-3-12(6-21)27-19-15(23)9-26-18(28-19)14-8-25-17-13(14)5-11(22)7-24-17/h5,7-9,12H,2-4,6,10H2,1H3,(H,24,25)(H,26,27,28)/t12-,21-/m0/s1. The normalized spacial score (nSPS) is 23.8. The molecule has 1 spiro atoms. The maximum Gasteiger partial charge on any atom is 0.290 e. The summed E-state index contributed by atoms with van der Waals surface area (Å²) in [6.07, 6.45) is 7.04. The number of likely N-dealkylation sites (tertiary alicyclic amines) is 1. The number of nitrogens with one attached hydrogen (secondary N) is 2. The molecule has 0 bridgehead atoms. The number of Topliss-reactive ketones (excluding diaryl/α,β-unsaturated/α-hetero) is 1. The number of nitrogens with zero attached hydrogens (tertiary/aromatic N) is 4. The number of aromatic amines is 1. The van der Waals surface area contributed by atoms with E-state index in [-0.39, 0.29) is 17.6 Å². The smallest absolute Gasteiger partial charge is 0.290 e. The maximum absolute atomic E-state index is 14.6. The van der Waals surface area contributed by atoms with E-state index in [2.05, 4.69) is 25.3 Å². The van der Waals surface area contributed by atoms with Crippen molar-refractivity contribution in [3.05, 3.63) is 35.5 Å². The second-order valence-electron chi connectivity index (χ2n) is 8.35. The Morgan fingerprint density at radius 2 is 2.16 bits per heavy atom. The van der Waals surface area contributed by atoms with Crippen LogP contribution < -0.4 is 5.32 Å². The summed E-state index contributed by atoms with van der Waals surface area (Å²) in [5.74, 6) is -0.959. The van der Waals surface area contributed by atoms with Crippen molar-refractivity contribution in [3.8, 4) is 11.4 Å². The molecule has 1 amide bonds. The van der Waals surface area contributed by atoms with Crippen LogP contribution in [0.4, 0.5) is 10.2 Å². The summed E-state index contributed by atoms with van der Waals surface area (Å²) in [5, 5.41) is 4.36. The number of carbonyl (C=O) groups excluding carboxylic acids is 2. The summed E-state index contributed by atoms with van der Waals surface area (Å²) in [6.45, 7) is 0.406. The maximum atomic E-state index is 14.6. The molecule has 2 aliphatic rings. The molecule has 4 heterocycles. The van der Waals surface area contributed by atoms with E-state index in [1.54, 1.807) is 19.3 Å². The lowest BCUT2D eigenvalue weighted by atomic mass is 9.70. The highest BCUT2D eigenvalue weighted by Gasteiger charge is 2.52. The number of fused-ring (bicyclic) bond motifs is 1. The molecular formula is C21H20ClFN6O2. The first-order chi connectivity index (χ1) is 14.9. The lowest BCUT2D eigenvalue weighted by Crippen LogP contribution is -2.41. The minimum absolute atomic E-state index is 0.0708. The highest BCUT2D eigenvalue weighted by atomic mass is 35.5. The first-order valence-corrected chi connectivity index (χ1v) is 10.5. The van der Waals surface area contributed by atoms with Crippen LogP contribution in [0.1, 0.15) is 25.7 Å². The number of aromatic nitrogens is 4. The molecule has 5 rings (SSSR count). The molecule has 1 aliphatic heterocycles. The third-order valence-corrected chi connectivity index (χ3v) is 6.44. The predicted octanol–water partition coefficient (Wildman–Crippen LogP) is 3.19. The predicted molar refractivity (Wildman–Crippen MR) is 113 cm³/mol. The van der Waals surface area contributed by atoms with Crippen LogP contribution in [-0.4, -0.2) is 56.2 Å². The number of halogens is 2. The number of likely N-dealkylation sites (N-methyl/N-ethyl adjacent to an activating group) is 1. The molecule has 1 saturated carbocycles. The van der Waals surface area contributed by atoms with Crippen LogP contribution in [0.5, 0.6) is 0 Å². The number of pyridine rings is 1. The monoisotopic (exact) mass is 442 g/mol. The number of hydrogen-bond donors (Lipinski definition) is 2. The lowest BCUT2D eigenvalue weighted by Gasteiger charge is -2.36. The van der Waals surface area contributed by atoms with Gasteiger partial charge in [0.15, 0.2) is 17.5 Å². The van der Waals surface area contributed by atoms with Gasteiger partial charge in [-0.25, -0.2) is 19.3 Å². The summed E-state index contributed by atoms with van der Waals surface area (Å²) in [6, 6.07) is 1.58. The molecule has 3 aromatic rings. The van der Waals surface area contributed by atoms with Crippen molar-refractivity contribution in [2.24, 2.45) is 5.41 Å². The second-order valence-corrected chi connectivity index (χ2v) is 8.79. The summed E-state index contributed by atoms with van der Waals surface area (Å²) >= 11 is 6.07. The van der Waals surface area contributed by atoms with E-state index >= 15 is 0 Å². The highest BCUT2D eigenvalue weighted by Crippen LogP contribution is 2.42. The molecule has 0 radical (unpaired) electrons. The van der Waals surface area contributed by atoms with Crippen molar-refractivity contribution < 1.29 is 14.0 Å². The minimum Gasteiger partial charge on any atom is -0.365 e. The Labute approximate surface area is 182 Å². The SMILES string of the molecule is CN1C[C@@]2(CCC[C@H](Nc3nc(-c4c[nH]c5ncc(Cl)cc45)ncc3F)C2)C(=O)C1=O. The van der Waals surface area contributed by atoms with Gasteiger partial charge in [-0.05, 0) is 25.3 Å². The Bertz CT molecular complexity index is 1210. The first-order valence-electron chi connectivity index (χ1n) is 10.1. The fraction of sp³-hybridized carbons (Fsp3) is 0.381.